The first-order valence-electron chi connectivity index (χ1n) is 7.43. The fourth-order valence-corrected chi connectivity index (χ4v) is 3.06. The van der Waals surface area contributed by atoms with Crippen LogP contribution in [0.5, 0.6) is 0 Å². The molecule has 3 rings (SSSR count). The van der Waals surface area contributed by atoms with Crippen LogP contribution in [0.3, 0.4) is 0 Å². The monoisotopic (exact) mass is 313 g/mol. The molecule has 0 aliphatic rings. The summed E-state index contributed by atoms with van der Waals surface area (Å²) in [5, 5.41) is 4.86. The standard InChI is InChI=1S/C17H19N3OS/c1-4-12(3)18-16(21)15-10-22-17-19-14(9-20(15)17)13-7-5-11(2)6-8-13/h5-10,12H,4H2,1-3H3,(H,18,21). The van der Waals surface area contributed by atoms with E-state index in [-0.39, 0.29) is 11.9 Å². The molecule has 2 heterocycles. The lowest BCUT2D eigenvalue weighted by Crippen LogP contribution is -2.32. The Kier molecular flexibility index (Phi) is 3.98. The first kappa shape index (κ1) is 14.8. The van der Waals surface area contributed by atoms with Crippen molar-refractivity contribution in [1.82, 2.24) is 14.7 Å². The Morgan fingerprint density at radius 1 is 1.36 bits per heavy atom. The van der Waals surface area contributed by atoms with E-state index in [0.717, 1.165) is 22.6 Å². The molecule has 0 bridgehead atoms. The molecule has 0 saturated carbocycles. The lowest BCUT2D eigenvalue weighted by molar-refractivity contribution is 0.0933. The van der Waals surface area contributed by atoms with Crippen LogP contribution in [-0.2, 0) is 0 Å². The zero-order valence-corrected chi connectivity index (χ0v) is 13.8. The van der Waals surface area contributed by atoms with Crippen LogP contribution in [0.1, 0.15) is 36.3 Å². The average Bonchev–Trinajstić information content (AvgIpc) is 3.07. The number of hydrogen-bond acceptors (Lipinski definition) is 3. The van der Waals surface area contributed by atoms with Crippen LogP contribution in [0.25, 0.3) is 16.2 Å². The summed E-state index contributed by atoms with van der Waals surface area (Å²) in [5.41, 5.74) is 3.82. The quantitative estimate of drug-likeness (QED) is 0.794. The van der Waals surface area contributed by atoms with E-state index in [1.165, 1.54) is 16.9 Å². The SMILES string of the molecule is CCC(C)NC(=O)c1csc2nc(-c3ccc(C)cc3)cn12. The van der Waals surface area contributed by atoms with Crippen molar-refractivity contribution in [1.29, 1.82) is 0 Å². The Hall–Kier alpha value is -2.14. The molecule has 1 N–H and O–H groups in total. The number of aromatic nitrogens is 2. The smallest absolute Gasteiger partial charge is 0.269 e. The number of hydrogen-bond donors (Lipinski definition) is 1. The third-order valence-corrected chi connectivity index (χ3v) is 4.62. The van der Waals surface area contributed by atoms with Crippen LogP contribution in [0.15, 0.2) is 35.8 Å². The highest BCUT2D eigenvalue weighted by atomic mass is 32.1. The largest absolute Gasteiger partial charge is 0.348 e. The van der Waals surface area contributed by atoms with Crippen LogP contribution in [0.4, 0.5) is 0 Å². The Balaban J connectivity index is 1.94. The second-order valence-corrected chi connectivity index (χ2v) is 6.38. The van der Waals surface area contributed by atoms with E-state index in [4.69, 9.17) is 0 Å². The van der Waals surface area contributed by atoms with Gasteiger partial charge in [-0.3, -0.25) is 9.20 Å². The zero-order valence-electron chi connectivity index (χ0n) is 13.0. The van der Waals surface area contributed by atoms with Gasteiger partial charge in [0.1, 0.15) is 5.69 Å². The number of amides is 1. The molecular formula is C17H19N3OS. The fourth-order valence-electron chi connectivity index (χ4n) is 2.21. The minimum atomic E-state index is -0.0477. The van der Waals surface area contributed by atoms with Crippen molar-refractivity contribution in [2.75, 3.05) is 0 Å². The maximum atomic E-state index is 12.3. The van der Waals surface area contributed by atoms with Crippen molar-refractivity contribution in [2.24, 2.45) is 0 Å². The van der Waals surface area contributed by atoms with Crippen molar-refractivity contribution >= 4 is 22.2 Å². The molecule has 3 aromatic rings. The Bertz CT molecular complexity index is 801. The van der Waals surface area contributed by atoms with E-state index in [2.05, 4.69) is 48.4 Å². The zero-order chi connectivity index (χ0) is 15.7. The number of nitrogens with one attached hydrogen (secondary N) is 1. The van der Waals surface area contributed by atoms with E-state index in [1.807, 2.05) is 22.9 Å². The summed E-state index contributed by atoms with van der Waals surface area (Å²) in [6.07, 6.45) is 2.85. The van der Waals surface area contributed by atoms with E-state index >= 15 is 0 Å². The van der Waals surface area contributed by atoms with Crippen molar-refractivity contribution < 1.29 is 4.79 Å². The number of benzene rings is 1. The molecule has 1 unspecified atom stereocenters. The lowest BCUT2D eigenvalue weighted by Gasteiger charge is -2.10. The number of fused-ring (bicyclic) bond motifs is 1. The van der Waals surface area contributed by atoms with E-state index in [9.17, 15) is 4.79 Å². The van der Waals surface area contributed by atoms with Crippen LogP contribution in [0, 0.1) is 6.92 Å². The molecule has 0 aliphatic heterocycles. The third-order valence-electron chi connectivity index (χ3n) is 3.78. The summed E-state index contributed by atoms with van der Waals surface area (Å²) in [6, 6.07) is 8.42. The van der Waals surface area contributed by atoms with Gasteiger partial charge in [0.2, 0.25) is 0 Å². The Labute approximate surface area is 133 Å². The Morgan fingerprint density at radius 3 is 2.77 bits per heavy atom. The molecule has 114 valence electrons. The van der Waals surface area contributed by atoms with Crippen molar-refractivity contribution in [3.63, 3.8) is 0 Å². The summed E-state index contributed by atoms with van der Waals surface area (Å²) >= 11 is 1.49. The molecule has 1 amide bonds. The number of aryl methyl sites for hydroxylation is 1. The van der Waals surface area contributed by atoms with Gasteiger partial charge in [-0.1, -0.05) is 36.8 Å². The van der Waals surface area contributed by atoms with Crippen LogP contribution in [0.2, 0.25) is 0 Å². The van der Waals surface area contributed by atoms with Gasteiger partial charge in [0.05, 0.1) is 5.69 Å². The van der Waals surface area contributed by atoms with Gasteiger partial charge >= 0.3 is 0 Å². The summed E-state index contributed by atoms with van der Waals surface area (Å²) in [7, 11) is 0. The van der Waals surface area contributed by atoms with Crippen LogP contribution >= 0.6 is 11.3 Å². The molecule has 2 aromatic heterocycles. The number of imidazole rings is 1. The number of carbonyl (C=O) groups excluding carboxylic acids is 1. The fraction of sp³-hybridized carbons (Fsp3) is 0.294. The molecule has 0 radical (unpaired) electrons. The average molecular weight is 313 g/mol. The maximum Gasteiger partial charge on any atom is 0.269 e. The summed E-state index contributed by atoms with van der Waals surface area (Å²) < 4.78 is 1.87. The van der Waals surface area contributed by atoms with Gasteiger partial charge in [-0.2, -0.15) is 0 Å². The number of carbonyl (C=O) groups is 1. The van der Waals surface area contributed by atoms with Gasteiger partial charge in [-0.15, -0.1) is 11.3 Å². The minimum absolute atomic E-state index is 0.0477. The van der Waals surface area contributed by atoms with E-state index < -0.39 is 0 Å². The molecule has 0 aliphatic carbocycles. The summed E-state index contributed by atoms with van der Waals surface area (Å²) in [4.78, 5) is 17.8. The van der Waals surface area contributed by atoms with Gasteiger partial charge < -0.3 is 5.32 Å². The molecule has 5 heteroatoms. The van der Waals surface area contributed by atoms with Gasteiger partial charge in [0.25, 0.3) is 5.91 Å². The molecule has 0 saturated heterocycles. The van der Waals surface area contributed by atoms with Gasteiger partial charge in [0, 0.05) is 23.2 Å². The Morgan fingerprint density at radius 2 is 2.09 bits per heavy atom. The molecule has 0 spiro atoms. The van der Waals surface area contributed by atoms with Crippen molar-refractivity contribution in [3.8, 4) is 11.3 Å². The number of rotatable bonds is 4. The number of thiazole rings is 1. The van der Waals surface area contributed by atoms with E-state index in [1.54, 1.807) is 0 Å². The molecule has 4 nitrogen and oxygen atoms in total. The third kappa shape index (κ3) is 2.76. The lowest BCUT2D eigenvalue weighted by atomic mass is 10.1. The summed E-state index contributed by atoms with van der Waals surface area (Å²) in [6.45, 7) is 6.13. The van der Waals surface area contributed by atoms with E-state index in [0.29, 0.717) is 5.69 Å². The topological polar surface area (TPSA) is 46.4 Å². The van der Waals surface area contributed by atoms with Crippen molar-refractivity contribution in [3.05, 3.63) is 47.1 Å². The van der Waals surface area contributed by atoms with Crippen LogP contribution in [-0.4, -0.2) is 21.3 Å². The molecule has 0 fully saturated rings. The molecule has 1 atom stereocenters. The van der Waals surface area contributed by atoms with Crippen LogP contribution < -0.4 is 5.32 Å². The first-order valence-corrected chi connectivity index (χ1v) is 8.31. The normalized spacial score (nSPS) is 12.5. The second kappa shape index (κ2) is 5.93. The highest BCUT2D eigenvalue weighted by Gasteiger charge is 2.16. The predicted molar refractivity (Wildman–Crippen MR) is 90.5 cm³/mol. The van der Waals surface area contributed by atoms with Gasteiger partial charge in [-0.05, 0) is 20.3 Å². The minimum Gasteiger partial charge on any atom is -0.348 e. The van der Waals surface area contributed by atoms with Crippen molar-refractivity contribution in [2.45, 2.75) is 33.2 Å². The second-order valence-electron chi connectivity index (χ2n) is 5.55. The molecular weight excluding hydrogens is 294 g/mol. The number of nitrogens with zero attached hydrogens (tertiary/aromatic N) is 2. The van der Waals surface area contributed by atoms with Gasteiger partial charge in [0.15, 0.2) is 4.96 Å². The molecule has 1 aromatic carbocycles. The van der Waals surface area contributed by atoms with Gasteiger partial charge in [-0.25, -0.2) is 4.98 Å². The highest BCUT2D eigenvalue weighted by Crippen LogP contribution is 2.24. The first-order chi connectivity index (χ1) is 10.6. The summed E-state index contributed by atoms with van der Waals surface area (Å²) in [5.74, 6) is -0.0477. The predicted octanol–water partition coefficient (Wildman–Crippen LogP) is 3.90. The highest BCUT2D eigenvalue weighted by molar-refractivity contribution is 7.15. The molecule has 22 heavy (non-hydrogen) atoms. The maximum absolute atomic E-state index is 12.3.